The number of nitrogens with zero attached hydrogens (tertiary/aromatic N) is 1. The third-order valence-corrected chi connectivity index (χ3v) is 1.84. The van der Waals surface area contributed by atoms with Crippen molar-refractivity contribution in [2.45, 2.75) is 0 Å². The highest BCUT2D eigenvalue weighted by molar-refractivity contribution is 7.71. The zero-order valence-corrected chi connectivity index (χ0v) is 7.14. The second-order valence-corrected chi connectivity index (χ2v) is 2.62. The second-order valence-electron chi connectivity index (χ2n) is 2.24. The van der Waals surface area contributed by atoms with Crippen molar-refractivity contribution in [1.82, 2.24) is 9.55 Å². The van der Waals surface area contributed by atoms with E-state index in [4.69, 9.17) is 18.0 Å². The molecule has 0 fully saturated rings. The van der Waals surface area contributed by atoms with E-state index in [9.17, 15) is 9.59 Å². The van der Waals surface area contributed by atoms with E-state index >= 15 is 0 Å². The summed E-state index contributed by atoms with van der Waals surface area (Å²) in [4.78, 5) is 24.4. The lowest BCUT2D eigenvalue weighted by Crippen LogP contribution is -2.28. The Morgan fingerprint density at radius 1 is 1.75 bits per heavy atom. The molecule has 64 valence electrons. The SMILES string of the molecule is Cn1c(=S)[nH]cc(C(N)=O)c1=O. The molecule has 1 aromatic heterocycles. The zero-order chi connectivity index (χ0) is 9.30. The first kappa shape index (κ1) is 8.66. The van der Waals surface area contributed by atoms with Gasteiger partial charge in [-0.2, -0.15) is 0 Å². The van der Waals surface area contributed by atoms with Crippen molar-refractivity contribution in [3.8, 4) is 0 Å². The highest BCUT2D eigenvalue weighted by Gasteiger charge is 2.06. The third kappa shape index (κ3) is 1.28. The normalized spacial score (nSPS) is 9.75. The summed E-state index contributed by atoms with van der Waals surface area (Å²) in [6.07, 6.45) is 1.22. The number of carbonyl (C=O) groups is 1. The van der Waals surface area contributed by atoms with E-state index in [1.807, 2.05) is 0 Å². The number of H-pyrrole nitrogens is 1. The highest BCUT2D eigenvalue weighted by atomic mass is 32.1. The Morgan fingerprint density at radius 2 is 2.33 bits per heavy atom. The van der Waals surface area contributed by atoms with Crippen molar-refractivity contribution >= 4 is 18.1 Å². The molecule has 0 atom stereocenters. The Morgan fingerprint density at radius 3 is 2.83 bits per heavy atom. The monoisotopic (exact) mass is 185 g/mol. The first-order chi connectivity index (χ1) is 5.54. The topological polar surface area (TPSA) is 80.9 Å². The minimum absolute atomic E-state index is 0.0916. The van der Waals surface area contributed by atoms with Gasteiger partial charge in [0.25, 0.3) is 11.5 Å². The van der Waals surface area contributed by atoms with Gasteiger partial charge in [-0.15, -0.1) is 0 Å². The first-order valence-corrected chi connectivity index (χ1v) is 3.53. The summed E-state index contributed by atoms with van der Waals surface area (Å²) in [5.41, 5.74) is 4.36. The number of hydrogen-bond donors (Lipinski definition) is 2. The van der Waals surface area contributed by atoms with Gasteiger partial charge in [-0.25, -0.2) is 0 Å². The molecular weight excluding hydrogens is 178 g/mol. The minimum atomic E-state index is -0.762. The third-order valence-electron chi connectivity index (χ3n) is 1.45. The van der Waals surface area contributed by atoms with Crippen molar-refractivity contribution in [2.24, 2.45) is 12.8 Å². The quantitative estimate of drug-likeness (QED) is 0.581. The number of nitrogens with two attached hydrogens (primary N) is 1. The molecule has 1 amide bonds. The van der Waals surface area contributed by atoms with Crippen molar-refractivity contribution in [1.29, 1.82) is 0 Å². The number of primary amides is 1. The number of rotatable bonds is 1. The van der Waals surface area contributed by atoms with E-state index in [1.54, 1.807) is 0 Å². The maximum Gasteiger partial charge on any atom is 0.266 e. The van der Waals surface area contributed by atoms with E-state index in [-0.39, 0.29) is 10.3 Å². The molecular formula is C6H7N3O2S. The number of hydrogen-bond acceptors (Lipinski definition) is 3. The van der Waals surface area contributed by atoms with Gasteiger partial charge in [0.2, 0.25) is 0 Å². The molecule has 0 bridgehead atoms. The average molecular weight is 185 g/mol. The molecule has 0 radical (unpaired) electrons. The van der Waals surface area contributed by atoms with Crippen LogP contribution < -0.4 is 11.3 Å². The molecule has 0 saturated heterocycles. The van der Waals surface area contributed by atoms with Gasteiger partial charge < -0.3 is 10.7 Å². The molecule has 0 aromatic carbocycles. The molecule has 6 heteroatoms. The van der Waals surface area contributed by atoms with Gasteiger partial charge in [-0.1, -0.05) is 0 Å². The first-order valence-electron chi connectivity index (χ1n) is 3.12. The van der Waals surface area contributed by atoms with E-state index in [0.717, 1.165) is 4.57 Å². The Labute approximate surface area is 72.8 Å². The molecule has 3 N–H and O–H groups in total. The molecule has 5 nitrogen and oxygen atoms in total. The zero-order valence-electron chi connectivity index (χ0n) is 6.33. The van der Waals surface area contributed by atoms with Crippen LogP contribution in [0.3, 0.4) is 0 Å². The largest absolute Gasteiger partial charge is 0.365 e. The maximum atomic E-state index is 11.2. The van der Waals surface area contributed by atoms with Gasteiger partial charge in [0, 0.05) is 13.2 Å². The minimum Gasteiger partial charge on any atom is -0.365 e. The van der Waals surface area contributed by atoms with Crippen molar-refractivity contribution < 1.29 is 4.79 Å². The standard InChI is InChI=1S/C6H7N3O2S/c1-9-5(11)3(4(7)10)2-8-6(9)12/h2H,1H3,(H2,7,10)(H,8,12). The van der Waals surface area contributed by atoms with Crippen molar-refractivity contribution in [2.75, 3.05) is 0 Å². The maximum absolute atomic E-state index is 11.2. The molecule has 0 unspecified atom stereocenters. The fourth-order valence-corrected chi connectivity index (χ4v) is 0.884. The van der Waals surface area contributed by atoms with Gasteiger partial charge >= 0.3 is 0 Å². The number of nitrogens with one attached hydrogen (secondary N) is 1. The van der Waals surface area contributed by atoms with Crippen LogP contribution in [0.4, 0.5) is 0 Å². The van der Waals surface area contributed by atoms with Crippen molar-refractivity contribution in [3.63, 3.8) is 0 Å². The van der Waals surface area contributed by atoms with Crippen LogP contribution in [0.1, 0.15) is 10.4 Å². The molecule has 0 aliphatic rings. The van der Waals surface area contributed by atoms with Gasteiger partial charge in [-0.3, -0.25) is 14.2 Å². The molecule has 1 aromatic rings. The molecule has 0 saturated carbocycles. The summed E-state index contributed by atoms with van der Waals surface area (Å²) in [5, 5.41) is 0. The number of aromatic amines is 1. The summed E-state index contributed by atoms with van der Waals surface area (Å²) < 4.78 is 1.40. The molecule has 1 heterocycles. The number of carbonyl (C=O) groups excluding carboxylic acids is 1. The Bertz CT molecular complexity index is 431. The number of amides is 1. The predicted octanol–water partition coefficient (Wildman–Crippen LogP) is -0.458. The van der Waals surface area contributed by atoms with Crippen LogP contribution in [-0.2, 0) is 7.05 Å². The lowest BCUT2D eigenvalue weighted by molar-refractivity contribution is 0.0998. The molecule has 12 heavy (non-hydrogen) atoms. The van der Waals surface area contributed by atoms with Gasteiger partial charge in [0.15, 0.2) is 4.77 Å². The predicted molar refractivity (Wildman–Crippen MR) is 45.4 cm³/mol. The van der Waals surface area contributed by atoms with Crippen molar-refractivity contribution in [3.05, 3.63) is 26.9 Å². The van der Waals surface area contributed by atoms with Crippen LogP contribution in [0.2, 0.25) is 0 Å². The smallest absolute Gasteiger partial charge is 0.266 e. The van der Waals surface area contributed by atoms with Crippen LogP contribution in [0.5, 0.6) is 0 Å². The summed E-state index contributed by atoms with van der Waals surface area (Å²) >= 11 is 4.74. The Hall–Kier alpha value is -1.43. The summed E-state index contributed by atoms with van der Waals surface area (Å²) in [5.74, 6) is -0.762. The lowest BCUT2D eigenvalue weighted by Gasteiger charge is -1.98. The Kier molecular flexibility index (Phi) is 2.09. The van der Waals surface area contributed by atoms with Gasteiger partial charge in [-0.05, 0) is 12.2 Å². The fourth-order valence-electron chi connectivity index (χ4n) is 0.742. The molecule has 0 aliphatic heterocycles. The molecule has 0 aliphatic carbocycles. The number of aromatic nitrogens is 2. The van der Waals surface area contributed by atoms with E-state index in [2.05, 4.69) is 4.98 Å². The van der Waals surface area contributed by atoms with Crippen LogP contribution in [-0.4, -0.2) is 15.5 Å². The van der Waals surface area contributed by atoms with Crippen LogP contribution in [0, 0.1) is 4.77 Å². The lowest BCUT2D eigenvalue weighted by atomic mass is 10.3. The summed E-state index contributed by atoms with van der Waals surface area (Å²) in [7, 11) is 1.47. The van der Waals surface area contributed by atoms with Gasteiger partial charge in [0.1, 0.15) is 5.56 Å². The highest BCUT2D eigenvalue weighted by Crippen LogP contribution is 1.86. The van der Waals surface area contributed by atoms with E-state index < -0.39 is 11.5 Å². The molecule has 1 rings (SSSR count). The Balaban J connectivity index is 3.58. The fraction of sp³-hybridized carbons (Fsp3) is 0.167. The van der Waals surface area contributed by atoms with Crippen LogP contribution in [0.15, 0.2) is 11.0 Å². The average Bonchev–Trinajstić information content (AvgIpc) is 2.00. The van der Waals surface area contributed by atoms with Crippen LogP contribution in [0.25, 0.3) is 0 Å². The molecule has 0 spiro atoms. The summed E-state index contributed by atoms with van der Waals surface area (Å²) in [6, 6.07) is 0. The summed E-state index contributed by atoms with van der Waals surface area (Å²) in [6.45, 7) is 0. The van der Waals surface area contributed by atoms with E-state index in [0.29, 0.717) is 0 Å². The second kappa shape index (κ2) is 2.90. The van der Waals surface area contributed by atoms with Gasteiger partial charge in [0.05, 0.1) is 0 Å². The van der Waals surface area contributed by atoms with E-state index in [1.165, 1.54) is 13.2 Å². The van der Waals surface area contributed by atoms with Crippen LogP contribution >= 0.6 is 12.2 Å².